The van der Waals surface area contributed by atoms with E-state index >= 15 is 0 Å². The summed E-state index contributed by atoms with van der Waals surface area (Å²) >= 11 is 0. The van der Waals surface area contributed by atoms with Crippen molar-refractivity contribution in [2.45, 2.75) is 19.4 Å². The Morgan fingerprint density at radius 1 is 1.56 bits per heavy atom. The molecule has 1 heterocycles. The molecule has 0 radical (unpaired) electrons. The molecule has 1 unspecified atom stereocenters. The van der Waals surface area contributed by atoms with Crippen molar-refractivity contribution in [3.05, 3.63) is 24.3 Å². The van der Waals surface area contributed by atoms with Crippen LogP contribution in [0.3, 0.4) is 0 Å². The van der Waals surface area contributed by atoms with Crippen molar-refractivity contribution in [1.82, 2.24) is 10.6 Å². The van der Waals surface area contributed by atoms with Crippen LogP contribution in [0, 0.1) is 0 Å². The minimum Gasteiger partial charge on any atom is -0.348 e. The Morgan fingerprint density at radius 3 is 2.89 bits per heavy atom. The van der Waals surface area contributed by atoms with Crippen molar-refractivity contribution in [2.75, 3.05) is 19.6 Å². The molecular formula is C13H20N3O2+. The second kappa shape index (κ2) is 7.55. The van der Waals surface area contributed by atoms with Gasteiger partial charge in [0.25, 0.3) is 5.91 Å². The van der Waals surface area contributed by atoms with Gasteiger partial charge in [-0.3, -0.25) is 9.59 Å². The number of carbonyl (C=O) groups is 2. The van der Waals surface area contributed by atoms with Gasteiger partial charge in [-0.25, -0.2) is 4.99 Å². The third-order valence-corrected chi connectivity index (χ3v) is 2.56. The first kappa shape index (κ1) is 14.3. The summed E-state index contributed by atoms with van der Waals surface area (Å²) in [5.74, 6) is -0.135. The number of carbonyl (C=O) groups excluding carboxylic acids is 2. The summed E-state index contributed by atoms with van der Waals surface area (Å²) < 4.78 is 0. The van der Waals surface area contributed by atoms with Gasteiger partial charge in [-0.15, -0.1) is 0 Å². The van der Waals surface area contributed by atoms with Gasteiger partial charge in [0.05, 0.1) is 0 Å². The van der Waals surface area contributed by atoms with E-state index in [2.05, 4.69) is 22.2 Å². The van der Waals surface area contributed by atoms with Gasteiger partial charge in [-0.2, -0.15) is 0 Å². The highest BCUT2D eigenvalue weighted by Gasteiger charge is 2.18. The lowest BCUT2D eigenvalue weighted by Crippen LogP contribution is -2.71. The van der Waals surface area contributed by atoms with Crippen molar-refractivity contribution in [1.29, 1.82) is 0 Å². The van der Waals surface area contributed by atoms with E-state index in [9.17, 15) is 9.59 Å². The van der Waals surface area contributed by atoms with Crippen LogP contribution in [0.15, 0.2) is 24.3 Å². The van der Waals surface area contributed by atoms with Crippen molar-refractivity contribution >= 4 is 17.9 Å². The Bertz CT molecular complexity index is 380. The molecule has 3 N–H and O–H groups in total. The molecule has 0 saturated carbocycles. The third-order valence-electron chi connectivity index (χ3n) is 2.56. The molecule has 1 amide bonds. The van der Waals surface area contributed by atoms with E-state index in [1.165, 1.54) is 6.92 Å². The molecule has 1 saturated heterocycles. The zero-order valence-electron chi connectivity index (χ0n) is 10.7. The van der Waals surface area contributed by atoms with Crippen LogP contribution in [0.25, 0.3) is 0 Å². The molecule has 0 bridgehead atoms. The molecule has 0 aromatic heterocycles. The molecule has 1 aliphatic heterocycles. The highest BCUT2D eigenvalue weighted by atomic mass is 16.1. The van der Waals surface area contributed by atoms with Crippen LogP contribution in [0.5, 0.6) is 0 Å². The smallest absolute Gasteiger partial charge is 0.257 e. The fourth-order valence-corrected chi connectivity index (χ4v) is 1.67. The molecule has 1 fully saturated rings. The predicted octanol–water partition coefficient (Wildman–Crippen LogP) is -1.68. The van der Waals surface area contributed by atoms with Crippen molar-refractivity contribution in [3.63, 3.8) is 0 Å². The minimum atomic E-state index is -0.153. The van der Waals surface area contributed by atoms with E-state index in [-0.39, 0.29) is 24.3 Å². The maximum Gasteiger partial charge on any atom is 0.257 e. The van der Waals surface area contributed by atoms with Crippen LogP contribution in [0.2, 0.25) is 0 Å². The first-order valence-electron chi connectivity index (χ1n) is 6.04. The summed E-state index contributed by atoms with van der Waals surface area (Å²) in [6.45, 7) is 7.01. The SMILES string of the molecule is C=C/C=C(\C=[NH+]CC(C)=O)C(=O)NC1CCNC1. The molecule has 18 heavy (non-hydrogen) atoms. The Hall–Kier alpha value is -1.75. The molecule has 1 aliphatic rings. The first-order valence-corrected chi connectivity index (χ1v) is 6.04. The summed E-state index contributed by atoms with van der Waals surface area (Å²) in [5, 5.41) is 6.11. The maximum atomic E-state index is 12.0. The minimum absolute atomic E-state index is 0.0182. The number of ketones is 1. The summed E-state index contributed by atoms with van der Waals surface area (Å²) in [7, 11) is 0. The van der Waals surface area contributed by atoms with Crippen LogP contribution in [-0.2, 0) is 9.59 Å². The Balaban J connectivity index is 2.57. The fraction of sp³-hybridized carbons (Fsp3) is 0.462. The number of Topliss-reactive ketones (excluding diaryl/α,β-unsaturated/α-hetero) is 1. The quantitative estimate of drug-likeness (QED) is 0.299. The van der Waals surface area contributed by atoms with Gasteiger partial charge in [0.1, 0.15) is 5.57 Å². The van der Waals surface area contributed by atoms with Crippen LogP contribution < -0.4 is 15.6 Å². The molecule has 0 aromatic rings. The van der Waals surface area contributed by atoms with Crippen LogP contribution in [0.1, 0.15) is 13.3 Å². The van der Waals surface area contributed by atoms with E-state index < -0.39 is 0 Å². The van der Waals surface area contributed by atoms with E-state index in [1.54, 1.807) is 18.4 Å². The average molecular weight is 250 g/mol. The number of nitrogens with one attached hydrogen (secondary N) is 3. The van der Waals surface area contributed by atoms with Crippen LogP contribution >= 0.6 is 0 Å². The maximum absolute atomic E-state index is 12.0. The average Bonchev–Trinajstić information content (AvgIpc) is 2.80. The monoisotopic (exact) mass is 250 g/mol. The van der Waals surface area contributed by atoms with Crippen LogP contribution in [0.4, 0.5) is 0 Å². The molecule has 5 nitrogen and oxygen atoms in total. The standard InChI is InChI=1S/C13H19N3O2/c1-3-4-11(8-15-7-10(2)17)13(18)16-12-5-6-14-9-12/h3-4,8,12,14H,1,5-7,9H2,2H3,(H,16,18)/p+1/b11-4+,15-8?. The van der Waals surface area contributed by atoms with Crippen molar-refractivity contribution in [3.8, 4) is 0 Å². The molecule has 0 aliphatic carbocycles. The lowest BCUT2D eigenvalue weighted by Gasteiger charge is -2.10. The van der Waals surface area contributed by atoms with Gasteiger partial charge in [-0.05, 0) is 19.0 Å². The van der Waals surface area contributed by atoms with Crippen LogP contribution in [-0.4, -0.2) is 43.6 Å². The number of rotatable bonds is 6. The molecule has 98 valence electrons. The molecule has 1 atom stereocenters. The van der Waals surface area contributed by atoms with Gasteiger partial charge >= 0.3 is 0 Å². The van der Waals surface area contributed by atoms with Gasteiger partial charge in [-0.1, -0.05) is 12.7 Å². The van der Waals surface area contributed by atoms with E-state index in [4.69, 9.17) is 0 Å². The molecular weight excluding hydrogens is 230 g/mol. The van der Waals surface area contributed by atoms with Crippen molar-refractivity contribution in [2.24, 2.45) is 0 Å². The zero-order chi connectivity index (χ0) is 13.4. The summed E-state index contributed by atoms with van der Waals surface area (Å²) in [4.78, 5) is 25.6. The van der Waals surface area contributed by atoms with Crippen molar-refractivity contribution < 1.29 is 14.6 Å². The number of hydrogen-bond acceptors (Lipinski definition) is 3. The number of amides is 1. The lowest BCUT2D eigenvalue weighted by molar-refractivity contribution is -0.437. The van der Waals surface area contributed by atoms with Gasteiger partial charge in [0.2, 0.25) is 0 Å². The summed E-state index contributed by atoms with van der Waals surface area (Å²) in [6.07, 6.45) is 5.65. The molecule has 1 rings (SSSR count). The summed E-state index contributed by atoms with van der Waals surface area (Å²) in [6, 6.07) is 0.173. The molecule has 5 heteroatoms. The highest BCUT2D eigenvalue weighted by Crippen LogP contribution is 1.99. The molecule has 0 spiro atoms. The van der Waals surface area contributed by atoms with Gasteiger partial charge in [0, 0.05) is 19.5 Å². The van der Waals surface area contributed by atoms with E-state index in [1.807, 2.05) is 0 Å². The topological polar surface area (TPSA) is 72.2 Å². The highest BCUT2D eigenvalue weighted by molar-refractivity contribution is 6.11. The number of hydrogen-bond donors (Lipinski definition) is 3. The van der Waals surface area contributed by atoms with E-state index in [0.29, 0.717) is 5.57 Å². The summed E-state index contributed by atoms with van der Waals surface area (Å²) in [5.41, 5.74) is 0.471. The van der Waals surface area contributed by atoms with Gasteiger partial charge in [0.15, 0.2) is 18.5 Å². The fourth-order valence-electron chi connectivity index (χ4n) is 1.67. The molecule has 0 aromatic carbocycles. The Kier molecular flexibility index (Phi) is 6.00. The normalized spacial score (nSPS) is 20.1. The Morgan fingerprint density at radius 2 is 2.33 bits per heavy atom. The second-order valence-electron chi connectivity index (χ2n) is 4.25. The first-order chi connectivity index (χ1) is 8.63. The number of allylic oxidation sites excluding steroid dienone is 2. The largest absolute Gasteiger partial charge is 0.348 e. The van der Waals surface area contributed by atoms with E-state index in [0.717, 1.165) is 19.5 Å². The lowest BCUT2D eigenvalue weighted by atomic mass is 10.2. The van der Waals surface area contributed by atoms with Gasteiger partial charge < -0.3 is 10.6 Å². The third kappa shape index (κ3) is 5.05. The predicted molar refractivity (Wildman–Crippen MR) is 70.3 cm³/mol. The zero-order valence-corrected chi connectivity index (χ0v) is 10.7. The Labute approximate surface area is 107 Å². The second-order valence-corrected chi connectivity index (χ2v) is 4.25.